The summed E-state index contributed by atoms with van der Waals surface area (Å²) in [6, 6.07) is 6.54. The fraction of sp³-hybridized carbons (Fsp3) is 0.300. The molecule has 0 heterocycles. The fourth-order valence-corrected chi connectivity index (χ4v) is 1.40. The van der Waals surface area contributed by atoms with Crippen molar-refractivity contribution in [3.63, 3.8) is 0 Å². The van der Waals surface area contributed by atoms with Crippen molar-refractivity contribution >= 4 is 23.4 Å². The molecule has 1 aromatic rings. The summed E-state index contributed by atoms with van der Waals surface area (Å²) in [5, 5.41) is 11.3. The van der Waals surface area contributed by atoms with Gasteiger partial charge < -0.3 is 16.2 Å². The molecule has 5 heteroatoms. The van der Waals surface area contributed by atoms with Gasteiger partial charge in [0.05, 0.1) is 6.61 Å². The van der Waals surface area contributed by atoms with Crippen molar-refractivity contribution in [2.24, 2.45) is 5.73 Å². The summed E-state index contributed by atoms with van der Waals surface area (Å²) >= 11 is 1.63. The van der Waals surface area contributed by atoms with E-state index in [0.29, 0.717) is 5.69 Å². The van der Waals surface area contributed by atoms with Crippen LogP contribution < -0.4 is 11.1 Å². The maximum absolute atomic E-state index is 11.3. The van der Waals surface area contributed by atoms with Crippen LogP contribution in [0.25, 0.3) is 0 Å². The Balaban J connectivity index is 2.61. The monoisotopic (exact) mass is 226 g/mol. The molecule has 0 saturated carbocycles. The first-order chi connectivity index (χ1) is 7.17. The van der Waals surface area contributed by atoms with Gasteiger partial charge in [-0.25, -0.2) is 0 Å². The molecule has 0 aromatic heterocycles. The van der Waals surface area contributed by atoms with Crippen LogP contribution in [0.15, 0.2) is 29.2 Å². The molecule has 0 fully saturated rings. The van der Waals surface area contributed by atoms with Gasteiger partial charge in [-0.1, -0.05) is 0 Å². The Morgan fingerprint density at radius 2 is 2.13 bits per heavy atom. The topological polar surface area (TPSA) is 75.4 Å². The van der Waals surface area contributed by atoms with E-state index < -0.39 is 6.04 Å². The number of hydrogen-bond acceptors (Lipinski definition) is 4. The highest BCUT2D eigenvalue weighted by molar-refractivity contribution is 7.98. The van der Waals surface area contributed by atoms with Gasteiger partial charge in [-0.2, -0.15) is 0 Å². The molecule has 0 aliphatic carbocycles. The molecule has 1 atom stereocenters. The van der Waals surface area contributed by atoms with Crippen molar-refractivity contribution in [1.82, 2.24) is 0 Å². The zero-order valence-electron chi connectivity index (χ0n) is 8.43. The predicted molar refractivity (Wildman–Crippen MR) is 61.9 cm³/mol. The lowest BCUT2D eigenvalue weighted by Gasteiger charge is -2.09. The number of carbonyl (C=O) groups is 1. The predicted octanol–water partition coefficient (Wildman–Crippen LogP) is 0.667. The lowest BCUT2D eigenvalue weighted by atomic mass is 10.2. The van der Waals surface area contributed by atoms with Gasteiger partial charge in [0.2, 0.25) is 5.91 Å². The highest BCUT2D eigenvalue weighted by Crippen LogP contribution is 2.17. The van der Waals surface area contributed by atoms with E-state index in [9.17, 15) is 4.79 Å². The maximum Gasteiger partial charge on any atom is 0.243 e. The summed E-state index contributed by atoms with van der Waals surface area (Å²) < 4.78 is 0. The van der Waals surface area contributed by atoms with Gasteiger partial charge in [-0.15, -0.1) is 11.8 Å². The number of amides is 1. The van der Waals surface area contributed by atoms with Crippen molar-refractivity contribution in [1.29, 1.82) is 0 Å². The summed E-state index contributed by atoms with van der Waals surface area (Å²) in [6.45, 7) is -0.352. The van der Waals surface area contributed by atoms with Crippen molar-refractivity contribution in [3.05, 3.63) is 24.3 Å². The lowest BCUT2D eigenvalue weighted by molar-refractivity contribution is -0.118. The van der Waals surface area contributed by atoms with Crippen LogP contribution in [-0.2, 0) is 4.79 Å². The third-order valence-electron chi connectivity index (χ3n) is 1.89. The number of benzene rings is 1. The number of rotatable bonds is 4. The molecular weight excluding hydrogens is 212 g/mol. The number of nitrogens with two attached hydrogens (primary N) is 1. The second-order valence-corrected chi connectivity index (χ2v) is 3.89. The van der Waals surface area contributed by atoms with E-state index in [4.69, 9.17) is 10.8 Å². The second kappa shape index (κ2) is 5.75. The Hall–Kier alpha value is -1.04. The minimum absolute atomic E-state index is 0.352. The van der Waals surface area contributed by atoms with Crippen LogP contribution in [0.4, 0.5) is 5.69 Å². The number of carbonyl (C=O) groups excluding carboxylic acids is 1. The molecule has 0 aliphatic heterocycles. The molecular formula is C10H14N2O2S. The number of nitrogens with one attached hydrogen (secondary N) is 1. The molecule has 15 heavy (non-hydrogen) atoms. The van der Waals surface area contributed by atoms with E-state index >= 15 is 0 Å². The average molecular weight is 226 g/mol. The van der Waals surface area contributed by atoms with E-state index in [-0.39, 0.29) is 12.5 Å². The number of hydrogen-bond donors (Lipinski definition) is 3. The van der Waals surface area contributed by atoms with Crippen LogP contribution in [0.1, 0.15) is 0 Å². The number of aliphatic hydroxyl groups excluding tert-OH is 1. The largest absolute Gasteiger partial charge is 0.394 e. The smallest absolute Gasteiger partial charge is 0.243 e. The second-order valence-electron chi connectivity index (χ2n) is 3.01. The standard InChI is InChI=1S/C10H14N2O2S/c1-15-8-4-2-7(3-5-8)12-10(14)9(11)6-13/h2-5,9,13H,6,11H2,1H3,(H,12,14)/t9-/m0/s1. The molecule has 1 aromatic carbocycles. The number of anilines is 1. The normalized spacial score (nSPS) is 12.2. The fourth-order valence-electron chi connectivity index (χ4n) is 0.992. The van der Waals surface area contributed by atoms with Crippen LogP contribution in [0.2, 0.25) is 0 Å². The molecule has 0 unspecified atom stereocenters. The maximum atomic E-state index is 11.3. The van der Waals surface area contributed by atoms with Crippen molar-refractivity contribution in [2.75, 3.05) is 18.2 Å². The molecule has 0 saturated heterocycles. The molecule has 4 N–H and O–H groups in total. The summed E-state index contributed by atoms with van der Waals surface area (Å²) in [5.74, 6) is -0.380. The van der Waals surface area contributed by atoms with Crippen LogP contribution in [0.3, 0.4) is 0 Å². The zero-order chi connectivity index (χ0) is 11.3. The Bertz CT molecular complexity index is 327. The minimum atomic E-state index is -0.870. The van der Waals surface area contributed by atoms with Gasteiger partial charge >= 0.3 is 0 Å². The summed E-state index contributed by atoms with van der Waals surface area (Å²) in [7, 11) is 0. The van der Waals surface area contributed by atoms with Gasteiger partial charge in [0.1, 0.15) is 6.04 Å². The molecule has 0 radical (unpaired) electrons. The number of thioether (sulfide) groups is 1. The van der Waals surface area contributed by atoms with Crippen LogP contribution in [0, 0.1) is 0 Å². The Morgan fingerprint density at radius 3 is 2.60 bits per heavy atom. The highest BCUT2D eigenvalue weighted by atomic mass is 32.2. The third-order valence-corrected chi connectivity index (χ3v) is 2.63. The Kier molecular flexibility index (Phi) is 4.61. The molecule has 1 amide bonds. The summed E-state index contributed by atoms with van der Waals surface area (Å²) in [5.41, 5.74) is 6.04. The molecule has 0 bridgehead atoms. The van der Waals surface area contributed by atoms with E-state index in [0.717, 1.165) is 4.90 Å². The molecule has 0 spiro atoms. The Morgan fingerprint density at radius 1 is 1.53 bits per heavy atom. The van der Waals surface area contributed by atoms with Crippen molar-refractivity contribution < 1.29 is 9.90 Å². The quantitative estimate of drug-likeness (QED) is 0.659. The summed E-state index contributed by atoms with van der Waals surface area (Å²) in [4.78, 5) is 12.4. The van der Waals surface area contributed by atoms with Crippen molar-refractivity contribution in [2.45, 2.75) is 10.9 Å². The van der Waals surface area contributed by atoms with Crippen LogP contribution >= 0.6 is 11.8 Å². The van der Waals surface area contributed by atoms with E-state index in [1.807, 2.05) is 18.4 Å². The third kappa shape index (κ3) is 3.54. The first-order valence-electron chi connectivity index (χ1n) is 4.48. The van der Waals surface area contributed by atoms with Gasteiger partial charge in [0, 0.05) is 10.6 Å². The van der Waals surface area contributed by atoms with Crippen LogP contribution in [-0.4, -0.2) is 29.9 Å². The van der Waals surface area contributed by atoms with Crippen LogP contribution in [0.5, 0.6) is 0 Å². The van der Waals surface area contributed by atoms with E-state index in [1.165, 1.54) is 0 Å². The Labute approximate surface area is 92.9 Å². The molecule has 82 valence electrons. The first kappa shape index (κ1) is 12.0. The molecule has 4 nitrogen and oxygen atoms in total. The zero-order valence-corrected chi connectivity index (χ0v) is 9.25. The van der Waals surface area contributed by atoms with Gasteiger partial charge in [0.25, 0.3) is 0 Å². The van der Waals surface area contributed by atoms with E-state index in [1.54, 1.807) is 23.9 Å². The van der Waals surface area contributed by atoms with E-state index in [2.05, 4.69) is 5.32 Å². The average Bonchev–Trinajstić information content (AvgIpc) is 2.29. The minimum Gasteiger partial charge on any atom is -0.394 e. The number of aliphatic hydroxyl groups is 1. The molecule has 0 aliphatic rings. The first-order valence-corrected chi connectivity index (χ1v) is 5.71. The van der Waals surface area contributed by atoms with Gasteiger partial charge in [0.15, 0.2) is 0 Å². The van der Waals surface area contributed by atoms with Gasteiger partial charge in [-0.3, -0.25) is 4.79 Å². The molecule has 1 rings (SSSR count). The van der Waals surface area contributed by atoms with Crippen molar-refractivity contribution in [3.8, 4) is 0 Å². The SMILES string of the molecule is CSc1ccc(NC(=O)[C@@H](N)CO)cc1. The highest BCUT2D eigenvalue weighted by Gasteiger charge is 2.11. The summed E-state index contributed by atoms with van der Waals surface area (Å²) in [6.07, 6.45) is 1.98. The lowest BCUT2D eigenvalue weighted by Crippen LogP contribution is -2.38. The van der Waals surface area contributed by atoms with Gasteiger partial charge in [-0.05, 0) is 30.5 Å².